The summed E-state index contributed by atoms with van der Waals surface area (Å²) >= 11 is 4.81. The molecule has 0 amide bonds. The van der Waals surface area contributed by atoms with Crippen molar-refractivity contribution in [3.05, 3.63) is 21.2 Å². The third-order valence-electron chi connectivity index (χ3n) is 9.75. The first kappa shape index (κ1) is 23.6. The first-order chi connectivity index (χ1) is 14.4. The smallest absolute Gasteiger partial charge is 0.0853 e. The molecule has 5 heteroatoms. The van der Waals surface area contributed by atoms with Crippen LogP contribution in [0.25, 0.3) is 0 Å². The summed E-state index contributed by atoms with van der Waals surface area (Å²) in [4.78, 5) is 0. The lowest BCUT2D eigenvalue weighted by Crippen LogP contribution is -2.46. The Balaban J connectivity index is 1.50. The van der Waals surface area contributed by atoms with Crippen LogP contribution in [0.1, 0.15) is 38.5 Å². The lowest BCUT2D eigenvalue weighted by molar-refractivity contribution is 0.274. The summed E-state index contributed by atoms with van der Waals surface area (Å²) in [7, 11) is -3.80. The Morgan fingerprint density at radius 2 is 1.19 bits per heavy atom. The zero-order chi connectivity index (χ0) is 22.3. The van der Waals surface area contributed by atoms with Gasteiger partial charge in [-0.1, -0.05) is 103 Å². The molecule has 3 fully saturated rings. The van der Waals surface area contributed by atoms with E-state index in [0.717, 1.165) is 45.3 Å². The van der Waals surface area contributed by atoms with E-state index in [2.05, 4.69) is 88.1 Å². The maximum absolute atomic E-state index is 2.87. The molecule has 0 spiro atoms. The maximum Gasteiger partial charge on any atom is 0.0853 e. The van der Waals surface area contributed by atoms with Crippen LogP contribution in [0.3, 0.4) is 0 Å². The van der Waals surface area contributed by atoms with Gasteiger partial charge in [-0.2, -0.15) is 0 Å². The molecule has 0 N–H and O–H groups in total. The maximum atomic E-state index is 2.87. The van der Waals surface area contributed by atoms with Crippen molar-refractivity contribution in [3.63, 3.8) is 0 Å². The summed E-state index contributed by atoms with van der Waals surface area (Å²) in [5.41, 5.74) is 2.12. The Labute approximate surface area is 204 Å². The Kier molecular flexibility index (Phi) is 6.03. The van der Waals surface area contributed by atoms with Crippen molar-refractivity contribution < 1.29 is 0 Å². The van der Waals surface area contributed by atoms with Crippen LogP contribution in [0.5, 0.6) is 0 Å². The minimum absolute atomic E-state index is 0.846. The van der Waals surface area contributed by atoms with E-state index in [1.165, 1.54) is 12.8 Å². The van der Waals surface area contributed by atoms with Crippen molar-refractivity contribution in [1.29, 1.82) is 0 Å². The number of fused-ring (bicyclic) bond motifs is 4. The first-order valence-electron chi connectivity index (χ1n) is 13.2. The molecule has 2 heterocycles. The van der Waals surface area contributed by atoms with Crippen molar-refractivity contribution in [2.45, 2.75) is 112 Å². The fourth-order valence-electron chi connectivity index (χ4n) is 8.14. The number of thioether (sulfide) groups is 2. The predicted molar refractivity (Wildman–Crippen MR) is 152 cm³/mol. The Hall–Kier alpha value is 0.831. The molecule has 5 aliphatic rings. The summed E-state index contributed by atoms with van der Waals surface area (Å²) < 4.78 is 3.69. The molecule has 0 aromatic carbocycles. The zero-order valence-corrected chi connectivity index (χ0v) is 26.0. The van der Waals surface area contributed by atoms with Crippen molar-refractivity contribution in [1.82, 2.24) is 0 Å². The number of rotatable bonds is 4. The van der Waals surface area contributed by atoms with Gasteiger partial charge in [0.1, 0.15) is 0 Å². The summed E-state index contributed by atoms with van der Waals surface area (Å²) in [5.74, 6) is 3.88. The number of hydrogen-bond donors (Lipinski definition) is 0. The van der Waals surface area contributed by atoms with Gasteiger partial charge in [0.25, 0.3) is 0 Å². The third-order valence-corrected chi connectivity index (χ3v) is 25.5. The lowest BCUT2D eigenvalue weighted by Gasteiger charge is -2.45. The predicted octanol–water partition coefficient (Wildman–Crippen LogP) is 9.03. The molecule has 0 saturated heterocycles. The topological polar surface area (TPSA) is 0 Å². The zero-order valence-electron chi connectivity index (χ0n) is 21.3. The van der Waals surface area contributed by atoms with Crippen molar-refractivity contribution >= 4 is 47.7 Å². The molecule has 3 aliphatic carbocycles. The molecule has 0 aromatic heterocycles. The van der Waals surface area contributed by atoms with E-state index < -0.39 is 24.2 Å². The van der Waals surface area contributed by atoms with Crippen LogP contribution in [0.2, 0.25) is 63.5 Å². The van der Waals surface area contributed by atoms with Crippen LogP contribution >= 0.6 is 23.5 Å². The van der Waals surface area contributed by atoms with E-state index in [0.29, 0.717) is 0 Å². The summed E-state index contributed by atoms with van der Waals surface area (Å²) in [5, 5.41) is 1.82. The Bertz CT molecular complexity index is 743. The van der Waals surface area contributed by atoms with Gasteiger partial charge in [-0.15, -0.1) is 23.5 Å². The van der Waals surface area contributed by atoms with Gasteiger partial charge in [0.2, 0.25) is 0 Å². The molecule has 174 valence electrons. The molecular weight excluding hydrogens is 461 g/mol. The monoisotopic (exact) mass is 506 g/mol. The van der Waals surface area contributed by atoms with Crippen LogP contribution in [0, 0.1) is 23.7 Å². The Morgan fingerprint density at radius 3 is 1.71 bits per heavy atom. The molecule has 8 atom stereocenters. The third kappa shape index (κ3) is 3.92. The highest BCUT2D eigenvalue weighted by molar-refractivity contribution is 8.07. The van der Waals surface area contributed by atoms with E-state index in [-0.39, 0.29) is 0 Å². The molecule has 31 heavy (non-hydrogen) atoms. The van der Waals surface area contributed by atoms with E-state index >= 15 is 0 Å². The minimum Gasteiger partial charge on any atom is -0.131 e. The van der Waals surface area contributed by atoms with E-state index in [1.54, 1.807) is 25.7 Å². The Morgan fingerprint density at radius 1 is 0.677 bits per heavy atom. The second-order valence-corrected chi connectivity index (χ2v) is 32.4. The van der Waals surface area contributed by atoms with Crippen molar-refractivity contribution in [3.8, 4) is 0 Å². The second-order valence-electron chi connectivity index (χ2n) is 14.1. The summed E-state index contributed by atoms with van der Waals surface area (Å²) in [6, 6.07) is 0. The molecule has 0 aromatic rings. The van der Waals surface area contributed by atoms with Crippen LogP contribution in [-0.2, 0) is 0 Å². The average Bonchev–Trinajstić information content (AvgIpc) is 3.39. The fraction of sp³-hybridized carbons (Fsp3) is 0.846. The van der Waals surface area contributed by atoms with Gasteiger partial charge in [-0.3, -0.25) is 0 Å². The molecule has 2 aliphatic heterocycles. The minimum atomic E-state index is -1.37. The summed E-state index contributed by atoms with van der Waals surface area (Å²) in [6.45, 7) is 21.2. The average molecular weight is 507 g/mol. The van der Waals surface area contributed by atoms with Gasteiger partial charge in [0, 0.05) is 10.5 Å². The molecule has 0 radical (unpaired) electrons. The SMILES string of the molecule is C[Si](C)(C)C1=CC2C(S1)C([Si](C)(C)C1CCC3CCCCC31)C1SC([Si](C)(C)C)=C[C@@H]21. The number of hydrogen-bond acceptors (Lipinski definition) is 2. The highest BCUT2D eigenvalue weighted by Gasteiger charge is 2.62. The van der Waals surface area contributed by atoms with Crippen LogP contribution in [0.4, 0.5) is 0 Å². The van der Waals surface area contributed by atoms with Crippen LogP contribution in [-0.4, -0.2) is 34.7 Å². The van der Waals surface area contributed by atoms with Gasteiger partial charge in [0.15, 0.2) is 0 Å². The standard InChI is InChI=1S/C26H46S2Si3/c1-29(2,3)22-15-19-20-16-23(30(4,5)6)28-25(20)26(24(19)27-22)31(7,8)21-14-13-17-11-9-10-12-18(17)21/h15-21,24-26H,9-14H2,1-8H3/t17?,18?,19-,20?,21?,24?,25?,26?/m0/s1. The van der Waals surface area contributed by atoms with Crippen molar-refractivity contribution in [2.24, 2.45) is 23.7 Å². The highest BCUT2D eigenvalue weighted by atomic mass is 32.2. The largest absolute Gasteiger partial charge is 0.131 e. The fourth-order valence-corrected chi connectivity index (χ4v) is 23.4. The van der Waals surface area contributed by atoms with E-state index in [4.69, 9.17) is 0 Å². The molecule has 0 bridgehead atoms. The van der Waals surface area contributed by atoms with Gasteiger partial charge in [-0.25, -0.2) is 0 Å². The van der Waals surface area contributed by atoms with Gasteiger partial charge >= 0.3 is 0 Å². The van der Waals surface area contributed by atoms with Crippen LogP contribution in [0.15, 0.2) is 21.2 Å². The number of allylic oxidation sites excluding steroid dienone is 2. The molecule has 0 nitrogen and oxygen atoms in total. The quantitative estimate of drug-likeness (QED) is 0.349. The highest BCUT2D eigenvalue weighted by Crippen LogP contribution is 2.69. The first-order valence-corrected chi connectivity index (χ1v) is 25.1. The van der Waals surface area contributed by atoms with Crippen LogP contribution < -0.4 is 0 Å². The van der Waals surface area contributed by atoms with E-state index in [1.807, 2.05) is 9.06 Å². The molecule has 7 unspecified atom stereocenters. The van der Waals surface area contributed by atoms with E-state index in [9.17, 15) is 0 Å². The summed E-state index contributed by atoms with van der Waals surface area (Å²) in [6.07, 6.45) is 15.0. The molecule has 3 saturated carbocycles. The molecular formula is C26H46S2Si3. The lowest BCUT2D eigenvalue weighted by atomic mass is 9.82. The van der Waals surface area contributed by atoms with Gasteiger partial charge in [-0.05, 0) is 43.8 Å². The normalized spacial score (nSPS) is 42.8. The van der Waals surface area contributed by atoms with Gasteiger partial charge < -0.3 is 0 Å². The second kappa shape index (κ2) is 7.93. The molecule has 5 rings (SSSR count). The van der Waals surface area contributed by atoms with Crippen molar-refractivity contribution in [2.75, 3.05) is 0 Å². The van der Waals surface area contributed by atoms with Gasteiger partial charge in [0.05, 0.1) is 24.2 Å².